The molecule has 84 valence electrons. The number of nitrogens with zero attached hydrogens (tertiary/aromatic N) is 1. The highest BCUT2D eigenvalue weighted by atomic mass is 32.2. The number of rotatable bonds is 4. The lowest BCUT2D eigenvalue weighted by Crippen LogP contribution is -2.37. The average Bonchev–Trinajstić information content (AvgIpc) is 2.43. The van der Waals surface area contributed by atoms with E-state index in [1.54, 1.807) is 7.05 Å². The van der Waals surface area contributed by atoms with Gasteiger partial charge in [0.25, 0.3) is 0 Å². The second kappa shape index (κ2) is 5.65. The Morgan fingerprint density at radius 2 is 2.14 bits per heavy atom. The van der Waals surface area contributed by atoms with E-state index in [0.29, 0.717) is 32.8 Å². The number of nitrogens with one attached hydrogen (secondary N) is 1. The molecule has 0 aliphatic carbocycles. The van der Waals surface area contributed by atoms with Gasteiger partial charge >= 0.3 is 0 Å². The SMILES string of the molecule is CNCCS(=O)(=O)N1CCCOCC1. The van der Waals surface area contributed by atoms with Gasteiger partial charge in [-0.1, -0.05) is 0 Å². The highest BCUT2D eigenvalue weighted by Crippen LogP contribution is 2.05. The number of ether oxygens (including phenoxy) is 1. The van der Waals surface area contributed by atoms with Crippen LogP contribution in [0.5, 0.6) is 0 Å². The average molecular weight is 222 g/mol. The van der Waals surface area contributed by atoms with Crippen LogP contribution >= 0.6 is 0 Å². The van der Waals surface area contributed by atoms with Crippen molar-refractivity contribution in [2.75, 3.05) is 45.6 Å². The van der Waals surface area contributed by atoms with Crippen molar-refractivity contribution in [1.82, 2.24) is 9.62 Å². The molecule has 0 spiro atoms. The molecule has 0 aromatic carbocycles. The standard InChI is InChI=1S/C8H18N2O3S/c1-9-3-8-14(11,12)10-4-2-6-13-7-5-10/h9H,2-8H2,1H3. The minimum absolute atomic E-state index is 0.170. The van der Waals surface area contributed by atoms with Crippen molar-refractivity contribution in [3.8, 4) is 0 Å². The monoisotopic (exact) mass is 222 g/mol. The molecule has 1 fully saturated rings. The number of hydrogen-bond donors (Lipinski definition) is 1. The topological polar surface area (TPSA) is 58.6 Å². The second-order valence-electron chi connectivity index (χ2n) is 3.28. The van der Waals surface area contributed by atoms with E-state index >= 15 is 0 Å². The lowest BCUT2D eigenvalue weighted by Gasteiger charge is -2.18. The van der Waals surface area contributed by atoms with E-state index in [0.717, 1.165) is 6.42 Å². The van der Waals surface area contributed by atoms with Crippen molar-refractivity contribution in [3.63, 3.8) is 0 Å². The Kier molecular flexibility index (Phi) is 4.80. The molecule has 1 rings (SSSR count). The van der Waals surface area contributed by atoms with E-state index in [4.69, 9.17) is 4.74 Å². The molecule has 5 nitrogen and oxygen atoms in total. The van der Waals surface area contributed by atoms with Crippen molar-refractivity contribution in [2.45, 2.75) is 6.42 Å². The van der Waals surface area contributed by atoms with E-state index in [9.17, 15) is 8.42 Å². The normalized spacial score (nSPS) is 20.6. The third-order valence-corrected chi connectivity index (χ3v) is 4.06. The highest BCUT2D eigenvalue weighted by Gasteiger charge is 2.22. The van der Waals surface area contributed by atoms with E-state index in [-0.39, 0.29) is 5.75 Å². The van der Waals surface area contributed by atoms with Crippen molar-refractivity contribution >= 4 is 10.0 Å². The summed E-state index contributed by atoms with van der Waals surface area (Å²) in [6.07, 6.45) is 0.790. The summed E-state index contributed by atoms with van der Waals surface area (Å²) in [4.78, 5) is 0. The smallest absolute Gasteiger partial charge is 0.215 e. The molecule has 6 heteroatoms. The summed E-state index contributed by atoms with van der Waals surface area (Å²) in [5.74, 6) is 0.170. The van der Waals surface area contributed by atoms with Gasteiger partial charge in [-0.05, 0) is 13.5 Å². The van der Waals surface area contributed by atoms with E-state index in [1.165, 1.54) is 4.31 Å². The Bertz CT molecular complexity index is 245. The third kappa shape index (κ3) is 3.53. The largest absolute Gasteiger partial charge is 0.380 e. The first-order valence-electron chi connectivity index (χ1n) is 4.87. The van der Waals surface area contributed by atoms with Crippen molar-refractivity contribution in [2.24, 2.45) is 0 Å². The zero-order valence-electron chi connectivity index (χ0n) is 8.53. The molecule has 0 amide bonds. The first-order valence-corrected chi connectivity index (χ1v) is 6.48. The minimum atomic E-state index is -3.08. The molecule has 0 unspecified atom stereocenters. The Balaban J connectivity index is 2.51. The van der Waals surface area contributed by atoms with Gasteiger partial charge in [0.1, 0.15) is 0 Å². The van der Waals surface area contributed by atoms with Crippen molar-refractivity contribution < 1.29 is 13.2 Å². The Labute approximate surface area is 85.5 Å². The molecule has 0 saturated carbocycles. The molecule has 0 bridgehead atoms. The Morgan fingerprint density at radius 1 is 1.36 bits per heavy atom. The molecule has 1 aliphatic heterocycles. The van der Waals surface area contributed by atoms with Gasteiger partial charge in [-0.2, -0.15) is 4.31 Å². The fraction of sp³-hybridized carbons (Fsp3) is 1.00. The zero-order chi connectivity index (χ0) is 10.4. The molecule has 0 radical (unpaired) electrons. The molecule has 1 N–H and O–H groups in total. The van der Waals surface area contributed by atoms with Gasteiger partial charge in [-0.3, -0.25) is 0 Å². The van der Waals surface area contributed by atoms with Gasteiger partial charge in [0.2, 0.25) is 10.0 Å². The van der Waals surface area contributed by atoms with Crippen LogP contribution in [0.4, 0.5) is 0 Å². The van der Waals surface area contributed by atoms with Crippen LogP contribution in [0.25, 0.3) is 0 Å². The molecule has 0 atom stereocenters. The summed E-state index contributed by atoms with van der Waals surface area (Å²) in [5.41, 5.74) is 0. The summed E-state index contributed by atoms with van der Waals surface area (Å²) in [7, 11) is -1.33. The van der Waals surface area contributed by atoms with Crippen LogP contribution < -0.4 is 5.32 Å². The maximum Gasteiger partial charge on any atom is 0.215 e. The zero-order valence-corrected chi connectivity index (χ0v) is 9.35. The maximum atomic E-state index is 11.7. The molecule has 1 aliphatic rings. The van der Waals surface area contributed by atoms with Crippen LogP contribution in [-0.4, -0.2) is 58.4 Å². The fourth-order valence-electron chi connectivity index (χ4n) is 1.36. The molecular weight excluding hydrogens is 204 g/mol. The Hall–Kier alpha value is -0.170. The second-order valence-corrected chi connectivity index (χ2v) is 5.37. The summed E-state index contributed by atoms with van der Waals surface area (Å²) < 4.78 is 30.2. The van der Waals surface area contributed by atoms with E-state index < -0.39 is 10.0 Å². The van der Waals surface area contributed by atoms with Gasteiger partial charge in [0.15, 0.2) is 0 Å². The first-order chi connectivity index (χ1) is 6.67. The van der Waals surface area contributed by atoms with Gasteiger partial charge in [-0.15, -0.1) is 0 Å². The van der Waals surface area contributed by atoms with Crippen LogP contribution in [0.15, 0.2) is 0 Å². The number of hydrogen-bond acceptors (Lipinski definition) is 4. The van der Waals surface area contributed by atoms with E-state index in [1.807, 2.05) is 0 Å². The van der Waals surface area contributed by atoms with Crippen LogP contribution in [0, 0.1) is 0 Å². The van der Waals surface area contributed by atoms with Crippen LogP contribution in [0.2, 0.25) is 0 Å². The van der Waals surface area contributed by atoms with Gasteiger partial charge in [0.05, 0.1) is 12.4 Å². The Morgan fingerprint density at radius 3 is 2.86 bits per heavy atom. The van der Waals surface area contributed by atoms with Gasteiger partial charge < -0.3 is 10.1 Å². The summed E-state index contributed by atoms with van der Waals surface area (Å²) in [5, 5.41) is 2.84. The molecule has 1 heterocycles. The lowest BCUT2D eigenvalue weighted by atomic mass is 10.5. The quantitative estimate of drug-likeness (QED) is 0.680. The van der Waals surface area contributed by atoms with Crippen LogP contribution in [0.3, 0.4) is 0 Å². The summed E-state index contributed by atoms with van der Waals surface area (Å²) >= 11 is 0. The molecule has 1 saturated heterocycles. The van der Waals surface area contributed by atoms with Crippen LogP contribution in [-0.2, 0) is 14.8 Å². The minimum Gasteiger partial charge on any atom is -0.380 e. The maximum absolute atomic E-state index is 11.7. The summed E-state index contributed by atoms with van der Waals surface area (Å²) in [6.45, 7) is 2.76. The van der Waals surface area contributed by atoms with Crippen molar-refractivity contribution in [1.29, 1.82) is 0 Å². The highest BCUT2D eigenvalue weighted by molar-refractivity contribution is 7.89. The fourth-order valence-corrected chi connectivity index (χ4v) is 2.84. The molecule has 0 aromatic heterocycles. The third-order valence-electron chi connectivity index (χ3n) is 2.18. The predicted octanol–water partition coefficient (Wildman–Crippen LogP) is -0.742. The molecular formula is C8H18N2O3S. The molecule has 14 heavy (non-hydrogen) atoms. The van der Waals surface area contributed by atoms with Crippen molar-refractivity contribution in [3.05, 3.63) is 0 Å². The molecule has 0 aromatic rings. The van der Waals surface area contributed by atoms with E-state index in [2.05, 4.69) is 5.32 Å². The van der Waals surface area contributed by atoms with Crippen LogP contribution in [0.1, 0.15) is 6.42 Å². The van der Waals surface area contributed by atoms with Gasteiger partial charge in [0, 0.05) is 26.2 Å². The predicted molar refractivity (Wildman–Crippen MR) is 54.7 cm³/mol. The lowest BCUT2D eigenvalue weighted by molar-refractivity contribution is 0.148. The van der Waals surface area contributed by atoms with Gasteiger partial charge in [-0.25, -0.2) is 8.42 Å². The first kappa shape index (κ1) is 11.9. The summed E-state index contributed by atoms with van der Waals surface area (Å²) in [6, 6.07) is 0. The number of sulfonamides is 1.